The first-order valence-corrected chi connectivity index (χ1v) is 11.7. The van der Waals surface area contributed by atoms with E-state index in [-0.39, 0.29) is 11.2 Å². The van der Waals surface area contributed by atoms with Crippen molar-refractivity contribution in [1.82, 2.24) is 4.98 Å². The van der Waals surface area contributed by atoms with Crippen molar-refractivity contribution in [3.63, 3.8) is 0 Å². The fraction of sp³-hybridized carbons (Fsp3) is 0.360. The number of phenols is 1. The van der Waals surface area contributed by atoms with E-state index in [2.05, 4.69) is 19.0 Å². The molecule has 0 spiro atoms. The zero-order valence-electron chi connectivity index (χ0n) is 18.1. The number of aryl methyl sites for hydroxylation is 1. The maximum atomic E-state index is 13.5. The Labute approximate surface area is 185 Å². The lowest BCUT2D eigenvalue weighted by molar-refractivity contribution is -0.948. The highest BCUT2D eigenvalue weighted by atomic mass is 32.1. The van der Waals surface area contributed by atoms with Crippen molar-refractivity contribution in [1.29, 1.82) is 0 Å². The monoisotopic (exact) mass is 435 g/mol. The maximum Gasteiger partial charge on any atom is 0.203 e. The fourth-order valence-corrected chi connectivity index (χ4v) is 5.89. The van der Waals surface area contributed by atoms with Gasteiger partial charge in [0.05, 0.1) is 46.4 Å². The Morgan fingerprint density at radius 3 is 2.81 bits per heavy atom. The van der Waals surface area contributed by atoms with E-state index in [4.69, 9.17) is 4.42 Å². The molecule has 5 rings (SSSR count). The van der Waals surface area contributed by atoms with Gasteiger partial charge in [0.15, 0.2) is 5.58 Å². The number of piperidine rings is 1. The first-order valence-electron chi connectivity index (χ1n) is 10.9. The molecule has 2 unspecified atom stereocenters. The number of para-hydroxylation sites is 1. The van der Waals surface area contributed by atoms with Crippen LogP contribution in [0.25, 0.3) is 31.8 Å². The number of aromatic hydroxyl groups is 1. The normalized spacial score (nSPS) is 21.7. The molecule has 0 amide bonds. The number of phenolic OH excluding ortho intramolecular Hbond substituents is 1. The summed E-state index contributed by atoms with van der Waals surface area (Å²) in [4.78, 5) is 18.2. The quantitative estimate of drug-likeness (QED) is 0.425. The van der Waals surface area contributed by atoms with Crippen molar-refractivity contribution in [3.05, 3.63) is 57.9 Å². The molecule has 0 aliphatic carbocycles. The molecule has 2 aromatic heterocycles. The molecule has 2 aromatic carbocycles. The molecular weight excluding hydrogens is 408 g/mol. The summed E-state index contributed by atoms with van der Waals surface area (Å²) in [6.07, 6.45) is 3.60. The number of quaternary nitrogens is 1. The largest absolute Gasteiger partial charge is 0.507 e. The zero-order valence-corrected chi connectivity index (χ0v) is 19.0. The van der Waals surface area contributed by atoms with Gasteiger partial charge >= 0.3 is 0 Å². The van der Waals surface area contributed by atoms with Crippen LogP contribution in [0.2, 0.25) is 0 Å². The van der Waals surface area contributed by atoms with Crippen LogP contribution < -0.4 is 5.43 Å². The molecule has 0 radical (unpaired) electrons. The van der Waals surface area contributed by atoms with Crippen molar-refractivity contribution >= 4 is 32.5 Å². The van der Waals surface area contributed by atoms with Gasteiger partial charge in [-0.25, -0.2) is 4.98 Å². The molecule has 3 heterocycles. The predicted molar refractivity (Wildman–Crippen MR) is 126 cm³/mol. The van der Waals surface area contributed by atoms with Crippen LogP contribution in [0.5, 0.6) is 5.75 Å². The lowest BCUT2D eigenvalue weighted by Gasteiger charge is -2.43. The third-order valence-corrected chi connectivity index (χ3v) is 8.00. The van der Waals surface area contributed by atoms with Gasteiger partial charge in [-0.15, -0.1) is 11.3 Å². The minimum atomic E-state index is -0.0894. The van der Waals surface area contributed by atoms with Crippen LogP contribution in [0.3, 0.4) is 0 Å². The molecule has 4 aromatic rings. The summed E-state index contributed by atoms with van der Waals surface area (Å²) < 4.78 is 8.14. The lowest BCUT2D eigenvalue weighted by atomic mass is 9.98. The van der Waals surface area contributed by atoms with Crippen molar-refractivity contribution < 1.29 is 14.0 Å². The first kappa shape index (κ1) is 20.2. The second-order valence-corrected chi connectivity index (χ2v) is 10.0. The third kappa shape index (κ3) is 3.34. The molecule has 6 heteroatoms. The van der Waals surface area contributed by atoms with E-state index < -0.39 is 0 Å². The van der Waals surface area contributed by atoms with Gasteiger partial charge < -0.3 is 14.0 Å². The number of rotatable bonds is 3. The molecular formula is C25H27N2O3S+. The molecule has 160 valence electrons. The standard InChI is InChI=1S/C25H26N2O3S/c1-15-8-6-7-13-27(15,3)14-18-20(28)12-11-17-23(29)22(16(2)30-24(17)18)25-26-19-9-4-5-10-21(19)31-25/h4-5,9-12,15H,6-8,13-14H2,1-3H3/p+1. The Morgan fingerprint density at radius 1 is 1.23 bits per heavy atom. The highest BCUT2D eigenvalue weighted by Gasteiger charge is 2.34. The molecule has 0 bridgehead atoms. The Hall–Kier alpha value is -2.70. The highest BCUT2D eigenvalue weighted by molar-refractivity contribution is 7.21. The number of likely N-dealkylation sites (tertiary alicyclic amines) is 1. The highest BCUT2D eigenvalue weighted by Crippen LogP contribution is 2.36. The van der Waals surface area contributed by atoms with Crippen molar-refractivity contribution in [2.45, 2.75) is 45.7 Å². The predicted octanol–water partition coefficient (Wildman–Crippen LogP) is 5.60. The summed E-state index contributed by atoms with van der Waals surface area (Å²) in [6.45, 7) is 5.79. The number of fused-ring (bicyclic) bond motifs is 2. The van der Waals surface area contributed by atoms with Gasteiger partial charge in [-0.05, 0) is 57.4 Å². The van der Waals surface area contributed by atoms with Gasteiger partial charge in [0.1, 0.15) is 23.1 Å². The number of aromatic nitrogens is 1. The molecule has 31 heavy (non-hydrogen) atoms. The van der Waals surface area contributed by atoms with Gasteiger partial charge in [-0.1, -0.05) is 12.1 Å². The zero-order chi connectivity index (χ0) is 21.8. The number of thiazole rings is 1. The van der Waals surface area contributed by atoms with Crippen molar-refractivity contribution in [3.8, 4) is 16.3 Å². The topological polar surface area (TPSA) is 63.3 Å². The summed E-state index contributed by atoms with van der Waals surface area (Å²) in [7, 11) is 2.24. The van der Waals surface area contributed by atoms with E-state index in [0.29, 0.717) is 39.9 Å². The van der Waals surface area contributed by atoms with E-state index in [1.54, 1.807) is 12.1 Å². The smallest absolute Gasteiger partial charge is 0.203 e. The SMILES string of the molecule is Cc1oc2c(C[N+]3(C)CCCCC3C)c(O)ccc2c(=O)c1-c1nc2ccccc2s1. The maximum absolute atomic E-state index is 13.5. The number of benzene rings is 2. The summed E-state index contributed by atoms with van der Waals surface area (Å²) in [5.74, 6) is 0.734. The summed E-state index contributed by atoms with van der Waals surface area (Å²) in [6, 6.07) is 11.7. The van der Waals surface area contributed by atoms with Crippen LogP contribution in [0, 0.1) is 6.92 Å². The van der Waals surface area contributed by atoms with Crippen LogP contribution >= 0.6 is 11.3 Å². The first-order chi connectivity index (χ1) is 14.9. The van der Waals surface area contributed by atoms with Crippen LogP contribution in [0.4, 0.5) is 0 Å². The second kappa shape index (κ2) is 7.46. The molecule has 1 N–H and O–H groups in total. The van der Waals surface area contributed by atoms with Gasteiger partial charge in [0.2, 0.25) is 5.43 Å². The van der Waals surface area contributed by atoms with Crippen molar-refractivity contribution in [2.24, 2.45) is 0 Å². The molecule has 0 saturated carbocycles. The van der Waals surface area contributed by atoms with Gasteiger partial charge in [0, 0.05) is 0 Å². The van der Waals surface area contributed by atoms with Crippen LogP contribution in [0.1, 0.15) is 37.5 Å². The van der Waals surface area contributed by atoms with Gasteiger partial charge in [0.25, 0.3) is 0 Å². The Morgan fingerprint density at radius 2 is 2.03 bits per heavy atom. The van der Waals surface area contributed by atoms with E-state index in [9.17, 15) is 9.90 Å². The van der Waals surface area contributed by atoms with E-state index in [1.807, 2.05) is 31.2 Å². The van der Waals surface area contributed by atoms with Gasteiger partial charge in [-0.2, -0.15) is 0 Å². The van der Waals surface area contributed by atoms with Crippen LogP contribution in [-0.4, -0.2) is 34.2 Å². The fourth-order valence-electron chi connectivity index (χ4n) is 4.83. The summed E-state index contributed by atoms with van der Waals surface area (Å²) in [5, 5.41) is 11.9. The van der Waals surface area contributed by atoms with E-state index in [0.717, 1.165) is 26.8 Å². The average molecular weight is 436 g/mol. The molecule has 1 aliphatic heterocycles. The number of hydrogen-bond acceptors (Lipinski definition) is 5. The Bertz CT molecular complexity index is 1320. The molecule has 1 fully saturated rings. The number of nitrogens with zero attached hydrogens (tertiary/aromatic N) is 2. The van der Waals surface area contributed by atoms with Crippen LogP contribution in [-0.2, 0) is 6.54 Å². The molecule has 2 atom stereocenters. The molecule has 5 nitrogen and oxygen atoms in total. The van der Waals surface area contributed by atoms with Gasteiger partial charge in [-0.3, -0.25) is 4.79 Å². The lowest BCUT2D eigenvalue weighted by Crippen LogP contribution is -2.53. The Balaban J connectivity index is 1.68. The molecule has 1 saturated heterocycles. The minimum Gasteiger partial charge on any atom is -0.507 e. The van der Waals surface area contributed by atoms with E-state index >= 15 is 0 Å². The summed E-state index contributed by atoms with van der Waals surface area (Å²) >= 11 is 1.50. The van der Waals surface area contributed by atoms with Crippen molar-refractivity contribution in [2.75, 3.05) is 13.6 Å². The average Bonchev–Trinajstić information content (AvgIpc) is 3.16. The second-order valence-electron chi connectivity index (χ2n) is 8.99. The third-order valence-electron chi connectivity index (χ3n) is 6.95. The Kier molecular flexibility index (Phi) is 4.87. The number of hydrogen-bond donors (Lipinski definition) is 1. The molecule has 1 aliphatic rings. The van der Waals surface area contributed by atoms with E-state index in [1.165, 1.54) is 30.6 Å². The van der Waals surface area contributed by atoms with Crippen LogP contribution in [0.15, 0.2) is 45.6 Å². The summed E-state index contributed by atoms with van der Waals surface area (Å²) in [5.41, 5.74) is 2.53. The minimum absolute atomic E-state index is 0.0894.